The van der Waals surface area contributed by atoms with E-state index in [9.17, 15) is 18.8 Å². The van der Waals surface area contributed by atoms with E-state index in [1.54, 1.807) is 9.80 Å². The Morgan fingerprint density at radius 1 is 1.04 bits per heavy atom. The van der Waals surface area contributed by atoms with Crippen LogP contribution in [0, 0.1) is 5.82 Å². The Hall–Kier alpha value is -2.64. The Labute approximate surface area is 145 Å². The Morgan fingerprint density at radius 2 is 1.68 bits per heavy atom. The van der Waals surface area contributed by atoms with Crippen LogP contribution in [0.5, 0.6) is 0 Å². The lowest BCUT2D eigenvalue weighted by atomic mass is 10.2. The molecule has 0 unspecified atom stereocenters. The minimum Gasteiger partial charge on any atom is -0.481 e. The molecule has 0 bridgehead atoms. The summed E-state index contributed by atoms with van der Waals surface area (Å²) in [5, 5.41) is 11.3. The molecule has 0 saturated carbocycles. The first kappa shape index (κ1) is 18.7. The maximum absolute atomic E-state index is 13.0. The van der Waals surface area contributed by atoms with Gasteiger partial charge in [0, 0.05) is 44.7 Å². The summed E-state index contributed by atoms with van der Waals surface area (Å²) in [5.41, 5.74) is 0.424. The molecule has 1 heterocycles. The summed E-state index contributed by atoms with van der Waals surface area (Å²) in [6.07, 6.45) is 1.04. The monoisotopic (exact) mass is 351 g/mol. The van der Waals surface area contributed by atoms with Crippen LogP contribution in [0.4, 0.5) is 9.18 Å². The number of carboxylic acid groups (broad SMARTS) is 1. The highest BCUT2D eigenvalue weighted by Crippen LogP contribution is 2.10. The lowest BCUT2D eigenvalue weighted by Gasteiger charge is -2.22. The average molecular weight is 351 g/mol. The third-order valence-electron chi connectivity index (χ3n) is 4.01. The van der Waals surface area contributed by atoms with Crippen LogP contribution in [0.2, 0.25) is 0 Å². The van der Waals surface area contributed by atoms with Crippen LogP contribution in [0.3, 0.4) is 0 Å². The zero-order chi connectivity index (χ0) is 18.2. The van der Waals surface area contributed by atoms with Crippen molar-refractivity contribution in [3.63, 3.8) is 0 Å². The molecule has 2 N–H and O–H groups in total. The largest absolute Gasteiger partial charge is 0.481 e. The molecule has 0 radical (unpaired) electrons. The van der Waals surface area contributed by atoms with E-state index < -0.39 is 11.8 Å². The van der Waals surface area contributed by atoms with Gasteiger partial charge in [0.05, 0.1) is 0 Å². The van der Waals surface area contributed by atoms with Crippen molar-refractivity contribution in [1.82, 2.24) is 15.1 Å². The molecule has 1 aromatic rings. The zero-order valence-corrected chi connectivity index (χ0v) is 13.9. The molecule has 0 spiro atoms. The summed E-state index contributed by atoms with van der Waals surface area (Å²) in [5.74, 6) is -1.46. The van der Waals surface area contributed by atoms with E-state index in [0.717, 1.165) is 0 Å². The maximum atomic E-state index is 13.0. The number of nitrogens with zero attached hydrogens (tertiary/aromatic N) is 2. The van der Waals surface area contributed by atoms with Crippen molar-refractivity contribution < 1.29 is 23.9 Å². The molecule has 1 fully saturated rings. The van der Waals surface area contributed by atoms with E-state index in [1.807, 2.05) is 0 Å². The van der Waals surface area contributed by atoms with Crippen molar-refractivity contribution in [2.24, 2.45) is 0 Å². The Bertz CT molecular complexity index is 621. The Kier molecular flexibility index (Phi) is 6.73. The van der Waals surface area contributed by atoms with E-state index in [0.29, 0.717) is 51.1 Å². The van der Waals surface area contributed by atoms with E-state index in [4.69, 9.17) is 5.11 Å². The number of amides is 3. The van der Waals surface area contributed by atoms with Crippen LogP contribution >= 0.6 is 0 Å². The van der Waals surface area contributed by atoms with Crippen molar-refractivity contribution in [1.29, 1.82) is 0 Å². The number of carbonyl (C=O) groups excluding carboxylic acids is 2. The van der Waals surface area contributed by atoms with Crippen LogP contribution in [0.25, 0.3) is 0 Å². The summed E-state index contributed by atoms with van der Waals surface area (Å²) in [6.45, 7) is 2.16. The van der Waals surface area contributed by atoms with Gasteiger partial charge in [-0.2, -0.15) is 0 Å². The lowest BCUT2D eigenvalue weighted by molar-refractivity contribution is -0.137. The second kappa shape index (κ2) is 9.00. The molecule has 25 heavy (non-hydrogen) atoms. The maximum Gasteiger partial charge on any atom is 0.317 e. The van der Waals surface area contributed by atoms with E-state index in [1.165, 1.54) is 24.3 Å². The minimum absolute atomic E-state index is 0.0141. The van der Waals surface area contributed by atoms with Gasteiger partial charge in [-0.3, -0.25) is 9.59 Å². The van der Waals surface area contributed by atoms with Gasteiger partial charge >= 0.3 is 12.0 Å². The van der Waals surface area contributed by atoms with Gasteiger partial charge in [-0.15, -0.1) is 0 Å². The van der Waals surface area contributed by atoms with E-state index in [2.05, 4.69) is 5.32 Å². The minimum atomic E-state index is -0.890. The van der Waals surface area contributed by atoms with Gasteiger partial charge in [-0.05, 0) is 37.1 Å². The first-order valence-corrected chi connectivity index (χ1v) is 8.27. The molecule has 1 saturated heterocycles. The number of hydrogen-bond donors (Lipinski definition) is 2. The molecule has 136 valence electrons. The zero-order valence-electron chi connectivity index (χ0n) is 13.9. The molecule has 1 aromatic carbocycles. The van der Waals surface area contributed by atoms with Gasteiger partial charge in [-0.25, -0.2) is 9.18 Å². The van der Waals surface area contributed by atoms with Gasteiger partial charge < -0.3 is 20.2 Å². The number of nitrogens with one attached hydrogen (secondary N) is 1. The van der Waals surface area contributed by atoms with Crippen LogP contribution in [0.15, 0.2) is 24.3 Å². The summed E-state index contributed by atoms with van der Waals surface area (Å²) in [7, 11) is 0. The summed E-state index contributed by atoms with van der Waals surface area (Å²) < 4.78 is 13.0. The van der Waals surface area contributed by atoms with Gasteiger partial charge in [0.15, 0.2) is 0 Å². The fourth-order valence-electron chi connectivity index (χ4n) is 2.65. The van der Waals surface area contributed by atoms with Gasteiger partial charge in [0.2, 0.25) is 0 Å². The van der Waals surface area contributed by atoms with E-state index >= 15 is 0 Å². The first-order valence-electron chi connectivity index (χ1n) is 8.27. The standard InChI is InChI=1S/C17H22FN3O4/c18-14-6-4-13(5-7-14)16(24)20-9-2-10-21(12-11-20)17(25)19-8-1-3-15(22)23/h4-7H,1-3,8-12H2,(H,19,25)(H,22,23). The summed E-state index contributed by atoms with van der Waals surface area (Å²) in [4.78, 5) is 38.3. The SMILES string of the molecule is O=C(O)CCCNC(=O)N1CCCN(C(=O)c2ccc(F)cc2)CC1. The Balaban J connectivity index is 1.82. The molecule has 3 amide bonds. The number of hydrogen-bond acceptors (Lipinski definition) is 3. The highest BCUT2D eigenvalue weighted by molar-refractivity contribution is 5.94. The lowest BCUT2D eigenvalue weighted by Crippen LogP contribution is -2.43. The molecule has 7 nitrogen and oxygen atoms in total. The van der Waals surface area contributed by atoms with Gasteiger partial charge in [0.1, 0.15) is 5.82 Å². The number of urea groups is 1. The van der Waals surface area contributed by atoms with Crippen LogP contribution in [0.1, 0.15) is 29.6 Å². The van der Waals surface area contributed by atoms with Crippen molar-refractivity contribution in [2.45, 2.75) is 19.3 Å². The number of rotatable bonds is 5. The molecule has 2 rings (SSSR count). The molecular weight excluding hydrogens is 329 g/mol. The van der Waals surface area contributed by atoms with Gasteiger partial charge in [-0.1, -0.05) is 0 Å². The highest BCUT2D eigenvalue weighted by Gasteiger charge is 2.22. The molecule has 8 heteroatoms. The molecule has 0 aliphatic carbocycles. The van der Waals surface area contributed by atoms with Crippen molar-refractivity contribution in [3.05, 3.63) is 35.6 Å². The van der Waals surface area contributed by atoms with Crippen molar-refractivity contribution in [3.8, 4) is 0 Å². The smallest absolute Gasteiger partial charge is 0.317 e. The second-order valence-electron chi connectivity index (χ2n) is 5.87. The summed E-state index contributed by atoms with van der Waals surface area (Å²) >= 11 is 0. The van der Waals surface area contributed by atoms with Gasteiger partial charge in [0.25, 0.3) is 5.91 Å². The fourth-order valence-corrected chi connectivity index (χ4v) is 2.65. The van der Waals surface area contributed by atoms with Crippen molar-refractivity contribution in [2.75, 3.05) is 32.7 Å². The average Bonchev–Trinajstić information content (AvgIpc) is 2.84. The normalized spacial score (nSPS) is 14.8. The molecule has 1 aliphatic heterocycles. The quantitative estimate of drug-likeness (QED) is 0.788. The number of carbonyl (C=O) groups is 3. The predicted octanol–water partition coefficient (Wildman–Crippen LogP) is 1.55. The first-order chi connectivity index (χ1) is 12.0. The fraction of sp³-hybridized carbons (Fsp3) is 0.471. The Morgan fingerprint density at radius 3 is 2.36 bits per heavy atom. The molecule has 0 aromatic heterocycles. The highest BCUT2D eigenvalue weighted by atomic mass is 19.1. The number of benzene rings is 1. The second-order valence-corrected chi connectivity index (χ2v) is 5.87. The number of carboxylic acids is 1. The van der Waals surface area contributed by atoms with Crippen LogP contribution in [-0.2, 0) is 4.79 Å². The molecular formula is C17H22FN3O4. The predicted molar refractivity (Wildman–Crippen MR) is 88.8 cm³/mol. The van der Waals surface area contributed by atoms with Crippen LogP contribution < -0.4 is 5.32 Å². The number of aliphatic carboxylic acids is 1. The topological polar surface area (TPSA) is 89.9 Å². The third kappa shape index (κ3) is 5.74. The number of halogens is 1. The molecule has 0 atom stereocenters. The third-order valence-corrected chi connectivity index (χ3v) is 4.01. The molecule has 1 aliphatic rings. The van der Waals surface area contributed by atoms with E-state index in [-0.39, 0.29) is 18.4 Å². The van der Waals surface area contributed by atoms with Crippen molar-refractivity contribution >= 4 is 17.9 Å². The summed E-state index contributed by atoms with van der Waals surface area (Å²) in [6, 6.07) is 5.16. The van der Waals surface area contributed by atoms with Crippen LogP contribution in [-0.4, -0.2) is 65.5 Å².